The summed E-state index contributed by atoms with van der Waals surface area (Å²) >= 11 is 0. The Morgan fingerprint density at radius 3 is 3.09 bits per heavy atom. The van der Waals surface area contributed by atoms with Crippen molar-refractivity contribution in [3.05, 3.63) is 35.5 Å². The van der Waals surface area contributed by atoms with Gasteiger partial charge in [-0.2, -0.15) is 5.10 Å². The molecule has 1 aliphatic rings. The van der Waals surface area contributed by atoms with E-state index in [2.05, 4.69) is 28.7 Å². The van der Waals surface area contributed by atoms with Gasteiger partial charge < -0.3 is 14.6 Å². The van der Waals surface area contributed by atoms with E-state index in [0.717, 1.165) is 43.9 Å². The maximum atomic E-state index is 6.02. The fourth-order valence-corrected chi connectivity index (χ4v) is 2.99. The van der Waals surface area contributed by atoms with Gasteiger partial charge in [-0.15, -0.1) is 0 Å². The van der Waals surface area contributed by atoms with Gasteiger partial charge in [-0.1, -0.05) is 5.16 Å². The summed E-state index contributed by atoms with van der Waals surface area (Å²) in [6.45, 7) is 7.50. The standard InChI is InChI=1S/C16H24N4O2/c1-3-20-10-14(9-18-20)16-13(5-4-6-21-16)7-17-8-15-11-22-19-12(15)2/h9-11,13,16-17H,3-8H2,1-2H3/t13-,16+/m0/s1. The highest BCUT2D eigenvalue weighted by Gasteiger charge is 2.28. The molecule has 2 aromatic rings. The third kappa shape index (κ3) is 3.39. The molecule has 1 saturated heterocycles. The van der Waals surface area contributed by atoms with Crippen LogP contribution in [-0.2, 0) is 17.8 Å². The number of hydrogen-bond donors (Lipinski definition) is 1. The molecule has 2 aromatic heterocycles. The molecule has 22 heavy (non-hydrogen) atoms. The lowest BCUT2D eigenvalue weighted by Gasteiger charge is -2.31. The molecule has 1 fully saturated rings. The molecule has 3 heterocycles. The van der Waals surface area contributed by atoms with Gasteiger partial charge in [0.05, 0.1) is 18.0 Å². The van der Waals surface area contributed by atoms with Crippen LogP contribution in [0.1, 0.15) is 42.7 Å². The summed E-state index contributed by atoms with van der Waals surface area (Å²) < 4.78 is 12.9. The van der Waals surface area contributed by atoms with Crippen molar-refractivity contribution < 1.29 is 9.26 Å². The number of aryl methyl sites for hydroxylation is 2. The van der Waals surface area contributed by atoms with Gasteiger partial charge in [0.25, 0.3) is 0 Å². The average molecular weight is 304 g/mol. The van der Waals surface area contributed by atoms with Gasteiger partial charge in [0.2, 0.25) is 0 Å². The largest absolute Gasteiger partial charge is 0.373 e. The smallest absolute Gasteiger partial charge is 0.128 e. The van der Waals surface area contributed by atoms with Crippen molar-refractivity contribution in [3.8, 4) is 0 Å². The molecule has 1 aliphatic heterocycles. The van der Waals surface area contributed by atoms with Gasteiger partial charge in [-0.3, -0.25) is 4.68 Å². The van der Waals surface area contributed by atoms with Crippen molar-refractivity contribution in [1.82, 2.24) is 20.3 Å². The quantitative estimate of drug-likeness (QED) is 0.888. The van der Waals surface area contributed by atoms with Crippen LogP contribution in [0.4, 0.5) is 0 Å². The minimum Gasteiger partial charge on any atom is -0.373 e. The van der Waals surface area contributed by atoms with E-state index in [1.807, 2.05) is 17.8 Å². The molecule has 0 aliphatic carbocycles. The van der Waals surface area contributed by atoms with Crippen LogP contribution < -0.4 is 5.32 Å². The zero-order valence-corrected chi connectivity index (χ0v) is 13.3. The van der Waals surface area contributed by atoms with Crippen LogP contribution in [0.15, 0.2) is 23.2 Å². The first-order valence-electron chi connectivity index (χ1n) is 8.02. The molecule has 120 valence electrons. The molecule has 2 atom stereocenters. The normalized spacial score (nSPS) is 22.1. The second-order valence-electron chi connectivity index (χ2n) is 5.88. The molecule has 0 spiro atoms. The lowest BCUT2D eigenvalue weighted by Crippen LogP contribution is -2.31. The van der Waals surface area contributed by atoms with E-state index in [9.17, 15) is 0 Å². The number of aromatic nitrogens is 3. The Morgan fingerprint density at radius 1 is 1.45 bits per heavy atom. The van der Waals surface area contributed by atoms with Crippen molar-refractivity contribution in [3.63, 3.8) is 0 Å². The Kier molecular flexibility index (Phi) is 4.90. The molecule has 3 rings (SSSR count). The molecule has 6 nitrogen and oxygen atoms in total. The summed E-state index contributed by atoms with van der Waals surface area (Å²) in [4.78, 5) is 0. The van der Waals surface area contributed by atoms with E-state index in [0.29, 0.717) is 5.92 Å². The molecule has 0 aromatic carbocycles. The third-order valence-electron chi connectivity index (χ3n) is 4.32. The Labute approximate surface area is 130 Å². The van der Waals surface area contributed by atoms with E-state index >= 15 is 0 Å². The van der Waals surface area contributed by atoms with E-state index in [1.54, 1.807) is 6.26 Å². The summed E-state index contributed by atoms with van der Waals surface area (Å²) in [5.74, 6) is 0.475. The number of nitrogens with zero attached hydrogens (tertiary/aromatic N) is 3. The predicted molar refractivity (Wildman–Crippen MR) is 82.3 cm³/mol. The second-order valence-corrected chi connectivity index (χ2v) is 5.88. The first-order valence-corrected chi connectivity index (χ1v) is 8.02. The molecule has 6 heteroatoms. The second kappa shape index (κ2) is 7.07. The topological polar surface area (TPSA) is 65.1 Å². The average Bonchev–Trinajstić information content (AvgIpc) is 3.17. The van der Waals surface area contributed by atoms with Gasteiger partial charge in [0.15, 0.2) is 0 Å². The van der Waals surface area contributed by atoms with Crippen LogP contribution in [0.3, 0.4) is 0 Å². The summed E-state index contributed by atoms with van der Waals surface area (Å²) in [6, 6.07) is 0. The number of nitrogens with one attached hydrogen (secondary N) is 1. The van der Waals surface area contributed by atoms with Gasteiger partial charge in [0, 0.05) is 49.5 Å². The molecular formula is C16H24N4O2. The molecule has 0 unspecified atom stereocenters. The maximum Gasteiger partial charge on any atom is 0.128 e. The van der Waals surface area contributed by atoms with Crippen molar-refractivity contribution in [2.24, 2.45) is 5.92 Å². The summed E-state index contributed by atoms with van der Waals surface area (Å²) in [7, 11) is 0. The molecule has 0 saturated carbocycles. The van der Waals surface area contributed by atoms with Gasteiger partial charge in [-0.05, 0) is 26.7 Å². The van der Waals surface area contributed by atoms with E-state index in [4.69, 9.17) is 9.26 Å². The molecule has 0 amide bonds. The first-order chi connectivity index (χ1) is 10.8. The Morgan fingerprint density at radius 2 is 2.36 bits per heavy atom. The van der Waals surface area contributed by atoms with Crippen molar-refractivity contribution in [1.29, 1.82) is 0 Å². The lowest BCUT2D eigenvalue weighted by atomic mass is 9.91. The molecule has 0 bridgehead atoms. The van der Waals surface area contributed by atoms with Gasteiger partial charge >= 0.3 is 0 Å². The van der Waals surface area contributed by atoms with Crippen LogP contribution in [0.25, 0.3) is 0 Å². The number of hydrogen-bond acceptors (Lipinski definition) is 5. The minimum atomic E-state index is 0.144. The monoisotopic (exact) mass is 304 g/mol. The summed E-state index contributed by atoms with van der Waals surface area (Å²) in [5, 5.41) is 11.8. The Hall–Kier alpha value is -1.66. The zero-order chi connectivity index (χ0) is 15.4. The minimum absolute atomic E-state index is 0.144. The summed E-state index contributed by atoms with van der Waals surface area (Å²) in [6.07, 6.45) is 8.20. The Bertz CT molecular complexity index is 592. The van der Waals surface area contributed by atoms with E-state index < -0.39 is 0 Å². The lowest BCUT2D eigenvalue weighted by molar-refractivity contribution is -0.0279. The molecule has 1 N–H and O–H groups in total. The van der Waals surface area contributed by atoms with Crippen molar-refractivity contribution in [2.45, 2.75) is 45.9 Å². The molecule has 0 radical (unpaired) electrons. The Balaban J connectivity index is 1.59. The van der Waals surface area contributed by atoms with Crippen LogP contribution in [0.5, 0.6) is 0 Å². The number of ether oxygens (including phenoxy) is 1. The van der Waals surface area contributed by atoms with Gasteiger partial charge in [0.1, 0.15) is 6.26 Å². The SMILES string of the molecule is CCn1cc([C@@H]2OCCC[C@H]2CNCc2conc2C)cn1. The number of rotatable bonds is 6. The van der Waals surface area contributed by atoms with Crippen LogP contribution >= 0.6 is 0 Å². The highest BCUT2D eigenvalue weighted by atomic mass is 16.5. The highest BCUT2D eigenvalue weighted by Crippen LogP contribution is 2.33. The maximum absolute atomic E-state index is 6.02. The van der Waals surface area contributed by atoms with Gasteiger partial charge in [-0.25, -0.2) is 0 Å². The first kappa shape index (κ1) is 15.2. The van der Waals surface area contributed by atoms with E-state index in [1.165, 1.54) is 12.0 Å². The predicted octanol–water partition coefficient (Wildman–Crippen LogP) is 2.46. The summed E-state index contributed by atoms with van der Waals surface area (Å²) in [5.41, 5.74) is 3.26. The fraction of sp³-hybridized carbons (Fsp3) is 0.625. The highest BCUT2D eigenvalue weighted by molar-refractivity contribution is 5.13. The van der Waals surface area contributed by atoms with Crippen LogP contribution in [-0.4, -0.2) is 28.1 Å². The zero-order valence-electron chi connectivity index (χ0n) is 13.3. The van der Waals surface area contributed by atoms with E-state index in [-0.39, 0.29) is 6.10 Å². The third-order valence-corrected chi connectivity index (χ3v) is 4.32. The van der Waals surface area contributed by atoms with Crippen molar-refractivity contribution in [2.75, 3.05) is 13.2 Å². The van der Waals surface area contributed by atoms with Crippen molar-refractivity contribution >= 4 is 0 Å². The molecular weight excluding hydrogens is 280 g/mol. The fourth-order valence-electron chi connectivity index (χ4n) is 2.99. The van der Waals surface area contributed by atoms with Crippen LogP contribution in [0.2, 0.25) is 0 Å². The van der Waals surface area contributed by atoms with Crippen LogP contribution in [0, 0.1) is 12.8 Å².